The molecule has 0 spiro atoms. The minimum Gasteiger partial charge on any atom is -0.497 e. The van der Waals surface area contributed by atoms with Crippen LogP contribution in [0.5, 0.6) is 5.75 Å². The highest BCUT2D eigenvalue weighted by molar-refractivity contribution is 5.77. The summed E-state index contributed by atoms with van der Waals surface area (Å²) in [6, 6.07) is 17.5. The number of urea groups is 1. The van der Waals surface area contributed by atoms with Gasteiger partial charge in [-0.3, -0.25) is 4.79 Å². The monoisotopic (exact) mass is 395 g/mol. The van der Waals surface area contributed by atoms with Gasteiger partial charge in [-0.1, -0.05) is 42.5 Å². The van der Waals surface area contributed by atoms with Gasteiger partial charge in [-0.2, -0.15) is 0 Å². The number of methoxy groups -OCH3 is 1. The van der Waals surface area contributed by atoms with Crippen LogP contribution in [0.25, 0.3) is 0 Å². The topological polar surface area (TPSA) is 61.9 Å². The average Bonchev–Trinajstić information content (AvgIpc) is 3.21. The molecule has 6 heteroatoms. The highest BCUT2D eigenvalue weighted by atomic mass is 16.5. The van der Waals surface area contributed by atoms with Crippen molar-refractivity contribution in [3.8, 4) is 5.75 Å². The van der Waals surface area contributed by atoms with Gasteiger partial charge in [0.2, 0.25) is 5.91 Å². The summed E-state index contributed by atoms with van der Waals surface area (Å²) in [5.74, 6) is 1.14. The van der Waals surface area contributed by atoms with Crippen LogP contribution in [0.3, 0.4) is 0 Å². The fraction of sp³-hybridized carbons (Fsp3) is 0.391. The molecule has 0 aromatic heterocycles. The molecule has 1 heterocycles. The lowest BCUT2D eigenvalue weighted by atomic mass is 10.0. The first-order valence-corrected chi connectivity index (χ1v) is 9.98. The van der Waals surface area contributed by atoms with Crippen LogP contribution in [-0.2, 0) is 17.9 Å². The fourth-order valence-electron chi connectivity index (χ4n) is 3.56. The van der Waals surface area contributed by atoms with E-state index in [1.165, 1.54) is 0 Å². The van der Waals surface area contributed by atoms with E-state index in [9.17, 15) is 9.59 Å². The molecule has 154 valence electrons. The Kier molecular flexibility index (Phi) is 7.11. The first-order chi connectivity index (χ1) is 14.0. The Morgan fingerprint density at radius 2 is 1.83 bits per heavy atom. The van der Waals surface area contributed by atoms with Gasteiger partial charge in [-0.25, -0.2) is 4.79 Å². The molecule has 0 unspecified atom stereocenters. The number of ether oxygens (including phenoxy) is 1. The van der Waals surface area contributed by atoms with Gasteiger partial charge in [0, 0.05) is 39.6 Å². The molecule has 3 rings (SSSR count). The molecule has 1 aliphatic rings. The SMILES string of the molecule is COc1ccc(CNC(=O)N2CC[C@H](CC(=O)N(C)Cc3ccccc3)C2)cc1. The van der Waals surface area contributed by atoms with Gasteiger partial charge in [0.1, 0.15) is 5.75 Å². The van der Waals surface area contributed by atoms with Crippen LogP contribution >= 0.6 is 0 Å². The van der Waals surface area contributed by atoms with E-state index in [4.69, 9.17) is 4.74 Å². The Bertz CT molecular complexity index is 808. The average molecular weight is 396 g/mol. The summed E-state index contributed by atoms with van der Waals surface area (Å²) < 4.78 is 5.14. The third kappa shape index (κ3) is 5.98. The Morgan fingerprint density at radius 1 is 1.10 bits per heavy atom. The molecule has 1 saturated heterocycles. The second kappa shape index (κ2) is 9.96. The molecular weight excluding hydrogens is 366 g/mol. The van der Waals surface area contributed by atoms with E-state index in [1.807, 2.05) is 61.6 Å². The van der Waals surface area contributed by atoms with E-state index in [-0.39, 0.29) is 17.9 Å². The lowest BCUT2D eigenvalue weighted by molar-refractivity contribution is -0.131. The van der Waals surface area contributed by atoms with Crippen LogP contribution < -0.4 is 10.1 Å². The minimum atomic E-state index is -0.0755. The van der Waals surface area contributed by atoms with Crippen LogP contribution in [-0.4, -0.2) is 49.0 Å². The van der Waals surface area contributed by atoms with Gasteiger partial charge >= 0.3 is 6.03 Å². The summed E-state index contributed by atoms with van der Waals surface area (Å²) in [6.07, 6.45) is 1.34. The molecular formula is C23H29N3O3. The van der Waals surface area contributed by atoms with Crippen molar-refractivity contribution < 1.29 is 14.3 Å². The maximum Gasteiger partial charge on any atom is 0.317 e. The molecule has 3 amide bonds. The molecule has 29 heavy (non-hydrogen) atoms. The molecule has 1 N–H and O–H groups in total. The van der Waals surface area contributed by atoms with Crippen LogP contribution in [0.15, 0.2) is 54.6 Å². The molecule has 0 radical (unpaired) electrons. The normalized spacial score (nSPS) is 15.8. The van der Waals surface area contributed by atoms with Crippen molar-refractivity contribution in [1.82, 2.24) is 15.1 Å². The number of amides is 3. The third-order valence-electron chi connectivity index (χ3n) is 5.33. The lowest BCUT2D eigenvalue weighted by Gasteiger charge is -2.20. The van der Waals surface area contributed by atoms with Crippen LogP contribution in [0.2, 0.25) is 0 Å². The van der Waals surface area contributed by atoms with Gasteiger partial charge in [0.05, 0.1) is 7.11 Å². The van der Waals surface area contributed by atoms with Gasteiger partial charge in [-0.05, 0) is 35.6 Å². The lowest BCUT2D eigenvalue weighted by Crippen LogP contribution is -2.38. The second-order valence-electron chi connectivity index (χ2n) is 7.55. The molecule has 1 atom stereocenters. The summed E-state index contributed by atoms with van der Waals surface area (Å²) >= 11 is 0. The number of carbonyl (C=O) groups excluding carboxylic acids is 2. The zero-order valence-corrected chi connectivity index (χ0v) is 17.1. The first kappa shape index (κ1) is 20.7. The van der Waals surface area contributed by atoms with Crippen LogP contribution in [0.4, 0.5) is 4.79 Å². The standard InChI is InChI=1S/C23H29N3O3/c1-25(16-19-6-4-3-5-7-19)22(27)14-20-12-13-26(17-20)23(28)24-15-18-8-10-21(29-2)11-9-18/h3-11,20H,12-17H2,1-2H3,(H,24,28)/t20-/m1/s1. The highest BCUT2D eigenvalue weighted by Crippen LogP contribution is 2.21. The maximum absolute atomic E-state index is 12.5. The zero-order valence-electron chi connectivity index (χ0n) is 17.1. The van der Waals surface area contributed by atoms with Crippen molar-refractivity contribution in [3.05, 3.63) is 65.7 Å². The summed E-state index contributed by atoms with van der Waals surface area (Å²) in [5.41, 5.74) is 2.14. The smallest absolute Gasteiger partial charge is 0.317 e. The number of nitrogens with one attached hydrogen (secondary N) is 1. The molecule has 6 nitrogen and oxygen atoms in total. The molecule has 1 aliphatic heterocycles. The van der Waals surface area contributed by atoms with E-state index < -0.39 is 0 Å². The number of rotatable bonds is 7. The molecule has 0 aliphatic carbocycles. The number of carbonyl (C=O) groups is 2. The third-order valence-corrected chi connectivity index (χ3v) is 5.33. The van der Waals surface area contributed by atoms with Gasteiger partial charge in [0.25, 0.3) is 0 Å². The zero-order chi connectivity index (χ0) is 20.6. The Hall–Kier alpha value is -3.02. The number of benzene rings is 2. The minimum absolute atomic E-state index is 0.0755. The van der Waals surface area contributed by atoms with Crippen LogP contribution in [0, 0.1) is 5.92 Å². The molecule has 2 aromatic rings. The summed E-state index contributed by atoms with van der Waals surface area (Å²) in [6.45, 7) is 2.40. The summed E-state index contributed by atoms with van der Waals surface area (Å²) in [5, 5.41) is 2.96. The summed E-state index contributed by atoms with van der Waals surface area (Å²) in [7, 11) is 3.47. The maximum atomic E-state index is 12.5. The second-order valence-corrected chi connectivity index (χ2v) is 7.55. The number of hydrogen-bond donors (Lipinski definition) is 1. The van der Waals surface area contributed by atoms with Gasteiger partial charge in [-0.15, -0.1) is 0 Å². The van der Waals surface area contributed by atoms with E-state index in [1.54, 1.807) is 16.9 Å². The molecule has 1 fully saturated rings. The Balaban J connectivity index is 1.41. The van der Waals surface area contributed by atoms with Crippen molar-refractivity contribution in [2.75, 3.05) is 27.2 Å². The fourth-order valence-corrected chi connectivity index (χ4v) is 3.56. The van der Waals surface area contributed by atoms with Crippen molar-refractivity contribution in [2.45, 2.75) is 25.9 Å². The predicted octanol–water partition coefficient (Wildman–Crippen LogP) is 3.28. The summed E-state index contributed by atoms with van der Waals surface area (Å²) in [4.78, 5) is 28.6. The van der Waals surface area contributed by atoms with Crippen molar-refractivity contribution >= 4 is 11.9 Å². The van der Waals surface area contributed by atoms with Gasteiger partial charge in [0.15, 0.2) is 0 Å². The van der Waals surface area contributed by atoms with E-state index in [0.29, 0.717) is 32.6 Å². The van der Waals surface area contributed by atoms with E-state index in [2.05, 4.69) is 5.32 Å². The predicted molar refractivity (Wildman–Crippen MR) is 112 cm³/mol. The van der Waals surface area contributed by atoms with Gasteiger partial charge < -0.3 is 19.9 Å². The van der Waals surface area contributed by atoms with Crippen molar-refractivity contribution in [2.24, 2.45) is 5.92 Å². The number of likely N-dealkylation sites (tertiary alicyclic amines) is 1. The first-order valence-electron chi connectivity index (χ1n) is 9.98. The Labute approximate surface area is 172 Å². The number of hydrogen-bond acceptors (Lipinski definition) is 3. The Morgan fingerprint density at radius 3 is 2.52 bits per heavy atom. The quantitative estimate of drug-likeness (QED) is 0.783. The largest absolute Gasteiger partial charge is 0.497 e. The highest BCUT2D eigenvalue weighted by Gasteiger charge is 2.28. The van der Waals surface area contributed by atoms with E-state index >= 15 is 0 Å². The van der Waals surface area contributed by atoms with E-state index in [0.717, 1.165) is 23.3 Å². The number of nitrogens with zero attached hydrogens (tertiary/aromatic N) is 2. The molecule has 0 saturated carbocycles. The van der Waals surface area contributed by atoms with Crippen molar-refractivity contribution in [1.29, 1.82) is 0 Å². The molecule has 2 aromatic carbocycles. The van der Waals surface area contributed by atoms with Crippen molar-refractivity contribution in [3.63, 3.8) is 0 Å². The van der Waals surface area contributed by atoms with Crippen LogP contribution in [0.1, 0.15) is 24.0 Å². The molecule has 0 bridgehead atoms.